The van der Waals surface area contributed by atoms with Gasteiger partial charge >= 0.3 is 17.9 Å². The zero-order valence-corrected chi connectivity index (χ0v) is 12.8. The lowest BCUT2D eigenvalue weighted by molar-refractivity contribution is -0.164. The van der Waals surface area contributed by atoms with Gasteiger partial charge in [-0.05, 0) is 13.3 Å². The predicted molar refractivity (Wildman–Crippen MR) is 71.3 cm³/mol. The van der Waals surface area contributed by atoms with E-state index in [9.17, 15) is 14.4 Å². The summed E-state index contributed by atoms with van der Waals surface area (Å²) >= 11 is 0. The number of hydrogen-bond donors (Lipinski definition) is 1. The molecule has 7 nitrogen and oxygen atoms in total. The van der Waals surface area contributed by atoms with Crippen LogP contribution in [0.25, 0.3) is 0 Å². The summed E-state index contributed by atoms with van der Waals surface area (Å²) < 4.78 is 15.6. The van der Waals surface area contributed by atoms with Gasteiger partial charge in [0.15, 0.2) is 5.60 Å². The van der Waals surface area contributed by atoms with E-state index in [1.165, 1.54) is 0 Å². The molecule has 0 spiro atoms. The van der Waals surface area contributed by atoms with Crippen LogP contribution in [0.3, 0.4) is 0 Å². The molecule has 0 radical (unpaired) electrons. The Kier molecular flexibility index (Phi) is 5.33. The minimum Gasteiger partial charge on any atom is -0.481 e. The molecule has 1 aliphatic heterocycles. The lowest BCUT2D eigenvalue weighted by Crippen LogP contribution is -2.40. The number of ether oxygens (including phenoxy) is 3. The van der Waals surface area contributed by atoms with Gasteiger partial charge in [0.2, 0.25) is 6.29 Å². The predicted octanol–water partition coefficient (Wildman–Crippen LogP) is 1.49. The van der Waals surface area contributed by atoms with Gasteiger partial charge in [0.05, 0.1) is 13.0 Å². The molecule has 0 aromatic carbocycles. The van der Waals surface area contributed by atoms with Crippen molar-refractivity contribution >= 4 is 17.9 Å². The molecule has 21 heavy (non-hydrogen) atoms. The normalized spacial score (nSPS) is 25.5. The highest BCUT2D eigenvalue weighted by Gasteiger charge is 2.54. The highest BCUT2D eigenvalue weighted by molar-refractivity contribution is 5.87. The van der Waals surface area contributed by atoms with E-state index >= 15 is 0 Å². The summed E-state index contributed by atoms with van der Waals surface area (Å²) in [6.07, 6.45) is -1.57. The van der Waals surface area contributed by atoms with Crippen LogP contribution in [0.15, 0.2) is 0 Å². The third-order valence-corrected chi connectivity index (χ3v) is 3.10. The zero-order valence-electron chi connectivity index (χ0n) is 12.8. The minimum absolute atomic E-state index is 0.0798. The Bertz CT molecular complexity index is 424. The second-order valence-corrected chi connectivity index (χ2v) is 6.09. The molecule has 2 atom stereocenters. The van der Waals surface area contributed by atoms with Crippen molar-refractivity contribution in [3.8, 4) is 0 Å². The van der Waals surface area contributed by atoms with Crippen LogP contribution in [0.2, 0.25) is 0 Å². The topological polar surface area (TPSA) is 99.1 Å². The summed E-state index contributed by atoms with van der Waals surface area (Å²) in [6, 6.07) is 0. The Morgan fingerprint density at radius 2 is 2.00 bits per heavy atom. The minimum atomic E-state index is -1.63. The van der Waals surface area contributed by atoms with E-state index in [4.69, 9.17) is 19.3 Å². The monoisotopic (exact) mass is 302 g/mol. The van der Waals surface area contributed by atoms with Crippen molar-refractivity contribution in [3.63, 3.8) is 0 Å². The number of rotatable bonds is 6. The van der Waals surface area contributed by atoms with Crippen LogP contribution in [-0.2, 0) is 28.6 Å². The number of hydrogen-bond acceptors (Lipinski definition) is 6. The number of carboxylic acids is 1. The van der Waals surface area contributed by atoms with E-state index in [1.54, 1.807) is 6.92 Å². The highest BCUT2D eigenvalue weighted by atomic mass is 16.8. The van der Waals surface area contributed by atoms with Crippen LogP contribution >= 0.6 is 0 Å². The van der Waals surface area contributed by atoms with Crippen molar-refractivity contribution in [2.24, 2.45) is 5.41 Å². The van der Waals surface area contributed by atoms with Crippen LogP contribution < -0.4 is 0 Å². The van der Waals surface area contributed by atoms with E-state index in [0.29, 0.717) is 0 Å². The van der Waals surface area contributed by atoms with Crippen molar-refractivity contribution in [1.29, 1.82) is 0 Å². The number of esters is 2. The molecular formula is C14H22O7. The fourth-order valence-electron chi connectivity index (χ4n) is 1.98. The Labute approximate surface area is 123 Å². The number of aliphatic carboxylic acids is 1. The number of carboxylic acid groups (broad SMARTS) is 1. The molecule has 1 saturated heterocycles. The summed E-state index contributed by atoms with van der Waals surface area (Å²) in [7, 11) is 0. The Morgan fingerprint density at radius 3 is 2.43 bits per heavy atom. The lowest BCUT2D eigenvalue weighted by atomic mass is 9.93. The van der Waals surface area contributed by atoms with Gasteiger partial charge in [0.25, 0.3) is 0 Å². The zero-order chi connectivity index (χ0) is 16.3. The van der Waals surface area contributed by atoms with Gasteiger partial charge in [-0.2, -0.15) is 0 Å². The summed E-state index contributed by atoms with van der Waals surface area (Å²) in [5, 5.41) is 9.01. The van der Waals surface area contributed by atoms with Crippen LogP contribution in [0.4, 0.5) is 0 Å². The first kappa shape index (κ1) is 17.4. The van der Waals surface area contributed by atoms with Gasteiger partial charge in [0.1, 0.15) is 0 Å². The molecule has 120 valence electrons. The molecule has 0 aliphatic carbocycles. The maximum Gasteiger partial charge on any atom is 0.341 e. The number of cyclic esters (lactones) is 1. The first-order chi connectivity index (χ1) is 9.60. The molecule has 0 aromatic rings. The molecule has 0 unspecified atom stereocenters. The largest absolute Gasteiger partial charge is 0.481 e. The van der Waals surface area contributed by atoms with Gasteiger partial charge in [-0.1, -0.05) is 20.8 Å². The molecule has 0 aromatic heterocycles. The molecular weight excluding hydrogens is 280 g/mol. The Balaban J connectivity index is 2.87. The first-order valence-corrected chi connectivity index (χ1v) is 6.87. The Hall–Kier alpha value is -1.63. The molecule has 1 heterocycles. The van der Waals surface area contributed by atoms with E-state index in [2.05, 4.69) is 0 Å². The molecule has 0 amide bonds. The van der Waals surface area contributed by atoms with Crippen molar-refractivity contribution in [2.75, 3.05) is 6.61 Å². The van der Waals surface area contributed by atoms with Crippen LogP contribution in [0.1, 0.15) is 47.0 Å². The van der Waals surface area contributed by atoms with Crippen molar-refractivity contribution < 1.29 is 33.7 Å². The van der Waals surface area contributed by atoms with Gasteiger partial charge < -0.3 is 19.3 Å². The fourth-order valence-corrected chi connectivity index (χ4v) is 1.98. The third-order valence-electron chi connectivity index (χ3n) is 3.10. The SMILES string of the molecule is CCOC(=O)CC[C@]1(CC(=O)O)O[C@@H](C(C)(C)C)OC1=O. The molecule has 1 N–H and O–H groups in total. The van der Waals surface area contributed by atoms with Gasteiger partial charge in [-0.15, -0.1) is 0 Å². The van der Waals surface area contributed by atoms with Crippen LogP contribution in [-0.4, -0.2) is 41.5 Å². The van der Waals surface area contributed by atoms with Crippen LogP contribution in [0.5, 0.6) is 0 Å². The lowest BCUT2D eigenvalue weighted by Gasteiger charge is -2.27. The maximum absolute atomic E-state index is 12.1. The highest BCUT2D eigenvalue weighted by Crippen LogP contribution is 2.39. The van der Waals surface area contributed by atoms with Gasteiger partial charge in [-0.3, -0.25) is 9.59 Å². The second kappa shape index (κ2) is 6.43. The van der Waals surface area contributed by atoms with E-state index in [0.717, 1.165) is 0 Å². The number of carbonyl (C=O) groups excluding carboxylic acids is 2. The average Bonchev–Trinajstić information content (AvgIpc) is 2.64. The van der Waals surface area contributed by atoms with Crippen LogP contribution in [0, 0.1) is 5.41 Å². The molecule has 7 heteroatoms. The quantitative estimate of drug-likeness (QED) is 0.742. The van der Waals surface area contributed by atoms with Gasteiger partial charge in [0, 0.05) is 11.8 Å². The first-order valence-electron chi connectivity index (χ1n) is 6.87. The molecule has 1 fully saturated rings. The average molecular weight is 302 g/mol. The molecule has 1 aliphatic rings. The molecule has 0 bridgehead atoms. The standard InChI is InChI=1S/C14H22O7/c1-5-19-10(17)6-7-14(8-9(15)16)11(18)20-12(21-14)13(2,3)4/h12H,5-8H2,1-4H3,(H,15,16)/t12-,14+/m0/s1. The third kappa shape index (κ3) is 4.42. The Morgan fingerprint density at radius 1 is 1.38 bits per heavy atom. The summed E-state index contributed by atoms with van der Waals surface area (Å²) in [5.41, 5.74) is -2.11. The van der Waals surface area contributed by atoms with E-state index < -0.39 is 41.6 Å². The van der Waals surface area contributed by atoms with Gasteiger partial charge in [-0.25, -0.2) is 4.79 Å². The fraction of sp³-hybridized carbons (Fsp3) is 0.786. The maximum atomic E-state index is 12.1. The second-order valence-electron chi connectivity index (χ2n) is 6.09. The van der Waals surface area contributed by atoms with Crippen molar-refractivity contribution in [1.82, 2.24) is 0 Å². The number of carbonyl (C=O) groups is 3. The van der Waals surface area contributed by atoms with E-state index in [1.807, 2.05) is 20.8 Å². The molecule has 1 rings (SSSR count). The smallest absolute Gasteiger partial charge is 0.341 e. The van der Waals surface area contributed by atoms with Crippen molar-refractivity contribution in [3.05, 3.63) is 0 Å². The summed E-state index contributed by atoms with van der Waals surface area (Å²) in [5.74, 6) is -2.43. The summed E-state index contributed by atoms with van der Waals surface area (Å²) in [6.45, 7) is 7.33. The van der Waals surface area contributed by atoms with Crippen molar-refractivity contribution in [2.45, 2.75) is 58.8 Å². The summed E-state index contributed by atoms with van der Waals surface area (Å²) in [4.78, 5) is 34.6. The van der Waals surface area contributed by atoms with E-state index in [-0.39, 0.29) is 19.4 Å². The molecule has 0 saturated carbocycles.